The van der Waals surface area contributed by atoms with Crippen LogP contribution in [-0.4, -0.2) is 22.8 Å². The van der Waals surface area contributed by atoms with Crippen LogP contribution in [0.15, 0.2) is 57.6 Å². The zero-order chi connectivity index (χ0) is 19.8. The maximum absolute atomic E-state index is 11.1. The molecule has 0 aliphatic rings. The average Bonchev–Trinajstić information content (AvgIpc) is 2.89. The number of nitrogens with two attached hydrogens (primary N) is 1. The van der Waals surface area contributed by atoms with Gasteiger partial charge in [0.1, 0.15) is 15.8 Å². The smallest absolute Gasteiger partial charge is 0.744 e. The van der Waals surface area contributed by atoms with E-state index in [1.807, 2.05) is 30.3 Å². The van der Waals surface area contributed by atoms with Gasteiger partial charge in [-0.3, -0.25) is 0 Å². The number of para-hydroxylation sites is 1. The fraction of sp³-hybridized carbons (Fsp3) is 0.0625. The summed E-state index contributed by atoms with van der Waals surface area (Å²) in [4.78, 5) is -0.624. The van der Waals surface area contributed by atoms with Crippen molar-refractivity contribution in [3.63, 3.8) is 0 Å². The number of anilines is 1. The molecule has 0 saturated carbocycles. The van der Waals surface area contributed by atoms with E-state index in [1.165, 1.54) is 4.68 Å². The summed E-state index contributed by atoms with van der Waals surface area (Å²) in [5.74, 6) is 0.267. The van der Waals surface area contributed by atoms with E-state index in [0.29, 0.717) is 11.4 Å². The molecular weight excluding hydrogens is 436 g/mol. The van der Waals surface area contributed by atoms with Gasteiger partial charge in [0.15, 0.2) is 11.5 Å². The second kappa shape index (κ2) is 8.91. The fourth-order valence-electron chi connectivity index (χ4n) is 2.32. The van der Waals surface area contributed by atoms with Crippen LogP contribution in [-0.2, 0) is 10.1 Å². The van der Waals surface area contributed by atoms with Gasteiger partial charge in [-0.2, -0.15) is 5.10 Å². The third-order valence-corrected chi connectivity index (χ3v) is 5.20. The van der Waals surface area contributed by atoms with Gasteiger partial charge in [0.2, 0.25) is 0 Å². The number of nitrogens with zero attached hydrogens (tertiary/aromatic N) is 4. The van der Waals surface area contributed by atoms with E-state index >= 15 is 0 Å². The van der Waals surface area contributed by atoms with Crippen LogP contribution < -0.4 is 35.3 Å². The molecule has 28 heavy (non-hydrogen) atoms. The van der Waals surface area contributed by atoms with Crippen molar-refractivity contribution in [1.29, 1.82) is 0 Å². The number of halogens is 2. The third kappa shape index (κ3) is 4.74. The first-order valence-corrected chi connectivity index (χ1v) is 9.62. The Kier molecular flexibility index (Phi) is 7.27. The number of rotatable bonds is 4. The van der Waals surface area contributed by atoms with Crippen LogP contribution in [0.5, 0.6) is 0 Å². The Morgan fingerprint density at radius 1 is 1.11 bits per heavy atom. The second-order valence-electron chi connectivity index (χ2n) is 5.45. The van der Waals surface area contributed by atoms with E-state index in [0.717, 1.165) is 17.8 Å². The quantitative estimate of drug-likeness (QED) is 0.367. The molecular formula is C16H12Cl2N5NaO3S. The zero-order valence-electron chi connectivity index (χ0n) is 14.8. The Morgan fingerprint density at radius 3 is 2.36 bits per heavy atom. The molecule has 0 atom stereocenters. The monoisotopic (exact) mass is 447 g/mol. The summed E-state index contributed by atoms with van der Waals surface area (Å²) in [5, 5.41) is 12.0. The predicted molar refractivity (Wildman–Crippen MR) is 101 cm³/mol. The van der Waals surface area contributed by atoms with Crippen LogP contribution in [0.25, 0.3) is 5.69 Å². The van der Waals surface area contributed by atoms with Gasteiger partial charge in [-0.25, -0.2) is 13.1 Å². The van der Waals surface area contributed by atoms with Crippen molar-refractivity contribution < 1.29 is 42.5 Å². The molecule has 12 heteroatoms. The number of benzene rings is 2. The Bertz CT molecular complexity index is 1150. The summed E-state index contributed by atoms with van der Waals surface area (Å²) < 4.78 is 34.9. The van der Waals surface area contributed by atoms with Crippen molar-refractivity contribution in [1.82, 2.24) is 9.78 Å². The van der Waals surface area contributed by atoms with Crippen molar-refractivity contribution in [3.8, 4) is 5.69 Å². The fourth-order valence-corrected chi connectivity index (χ4v) is 3.58. The number of aryl methyl sites for hydroxylation is 1. The Morgan fingerprint density at radius 2 is 1.75 bits per heavy atom. The predicted octanol–water partition coefficient (Wildman–Crippen LogP) is 1.39. The number of azo groups is 1. The molecule has 0 aliphatic heterocycles. The van der Waals surface area contributed by atoms with Crippen LogP contribution in [0.3, 0.4) is 0 Å². The van der Waals surface area contributed by atoms with Gasteiger partial charge >= 0.3 is 29.6 Å². The number of aromatic nitrogens is 2. The van der Waals surface area contributed by atoms with Crippen LogP contribution in [0.4, 0.5) is 17.2 Å². The molecule has 0 aliphatic carbocycles. The number of hydrogen-bond donors (Lipinski definition) is 1. The van der Waals surface area contributed by atoms with Crippen LogP contribution in [0.2, 0.25) is 10.0 Å². The molecule has 1 aromatic heterocycles. The third-order valence-electron chi connectivity index (χ3n) is 3.59. The Hall–Kier alpha value is -1.46. The van der Waals surface area contributed by atoms with Crippen LogP contribution >= 0.6 is 23.2 Å². The second-order valence-corrected chi connectivity index (χ2v) is 7.62. The van der Waals surface area contributed by atoms with Gasteiger partial charge in [0.25, 0.3) is 0 Å². The Labute approximate surface area is 193 Å². The molecule has 2 N–H and O–H groups in total. The molecule has 1 heterocycles. The molecule has 0 fully saturated rings. The molecule has 0 radical (unpaired) electrons. The summed E-state index contributed by atoms with van der Waals surface area (Å²) in [6.45, 7) is 1.71. The van der Waals surface area contributed by atoms with E-state index in [-0.39, 0.29) is 51.1 Å². The van der Waals surface area contributed by atoms with Crippen LogP contribution in [0, 0.1) is 6.92 Å². The van der Waals surface area contributed by atoms with Gasteiger partial charge in [-0.15, -0.1) is 10.2 Å². The van der Waals surface area contributed by atoms with Crippen LogP contribution in [0.1, 0.15) is 5.69 Å². The molecule has 0 amide bonds. The minimum atomic E-state index is -4.75. The van der Waals surface area contributed by atoms with Gasteiger partial charge in [-0.1, -0.05) is 41.4 Å². The van der Waals surface area contributed by atoms with E-state index in [2.05, 4.69) is 15.3 Å². The molecule has 0 saturated heterocycles. The normalized spacial score (nSPS) is 11.6. The molecule has 140 valence electrons. The molecule has 0 spiro atoms. The number of nitrogen functional groups attached to an aromatic ring is 1. The summed E-state index contributed by atoms with van der Waals surface area (Å²) in [5.41, 5.74) is 7.81. The topological polar surface area (TPSA) is 126 Å². The van der Waals surface area contributed by atoms with E-state index in [9.17, 15) is 13.0 Å². The standard InChI is InChI=1S/C16H13Cl2N5O3S.Na/c1-9-15(16(19)23(22-9)10-5-3-2-4-6-10)21-20-13-7-12(18)14(8-11(13)17)27(24,25)26;/h2-8H,19H2,1H3,(H,24,25,26);/q;+1/p-1. The summed E-state index contributed by atoms with van der Waals surface area (Å²) in [6.07, 6.45) is 0. The maximum atomic E-state index is 11.1. The SMILES string of the molecule is Cc1nn(-c2ccccc2)c(N)c1N=Nc1cc(Cl)c(S(=O)(=O)[O-])cc1Cl.[Na+]. The van der Waals surface area contributed by atoms with Gasteiger partial charge in [0.05, 0.1) is 26.3 Å². The zero-order valence-corrected chi connectivity index (χ0v) is 19.1. The van der Waals surface area contributed by atoms with Crippen molar-refractivity contribution in [2.75, 3.05) is 5.73 Å². The molecule has 0 bridgehead atoms. The summed E-state index contributed by atoms with van der Waals surface area (Å²) in [7, 11) is -4.75. The number of hydrogen-bond acceptors (Lipinski definition) is 7. The molecule has 3 rings (SSSR count). The van der Waals surface area contributed by atoms with Gasteiger partial charge < -0.3 is 10.3 Å². The first-order valence-electron chi connectivity index (χ1n) is 7.45. The summed E-state index contributed by atoms with van der Waals surface area (Å²) in [6, 6.07) is 11.3. The van der Waals surface area contributed by atoms with Crippen molar-refractivity contribution in [2.24, 2.45) is 10.2 Å². The molecule has 3 aromatic rings. The molecule has 2 aromatic carbocycles. The maximum Gasteiger partial charge on any atom is 1.00 e. The largest absolute Gasteiger partial charge is 1.00 e. The average molecular weight is 448 g/mol. The first-order chi connectivity index (χ1) is 12.7. The molecule has 8 nitrogen and oxygen atoms in total. The van der Waals surface area contributed by atoms with E-state index < -0.39 is 15.0 Å². The van der Waals surface area contributed by atoms with Gasteiger partial charge in [0, 0.05) is 0 Å². The minimum Gasteiger partial charge on any atom is -0.744 e. The van der Waals surface area contributed by atoms with Gasteiger partial charge in [-0.05, 0) is 31.2 Å². The van der Waals surface area contributed by atoms with Crippen molar-refractivity contribution in [2.45, 2.75) is 11.8 Å². The van der Waals surface area contributed by atoms with E-state index in [4.69, 9.17) is 28.9 Å². The van der Waals surface area contributed by atoms with Crippen molar-refractivity contribution >= 4 is 50.5 Å². The molecule has 0 unspecified atom stereocenters. The van der Waals surface area contributed by atoms with E-state index in [1.54, 1.807) is 6.92 Å². The summed E-state index contributed by atoms with van der Waals surface area (Å²) >= 11 is 11.8. The Balaban J connectivity index is 0.00000280. The minimum absolute atomic E-state index is 0. The van der Waals surface area contributed by atoms with Crippen molar-refractivity contribution in [3.05, 3.63) is 58.2 Å². The first kappa shape index (κ1) is 22.8.